The second kappa shape index (κ2) is 7.66. The number of nitrogens with one attached hydrogen (secondary N) is 1. The molecule has 0 heterocycles. The van der Waals surface area contributed by atoms with Crippen molar-refractivity contribution in [3.8, 4) is 0 Å². The molecule has 0 aliphatic heterocycles. The lowest BCUT2D eigenvalue weighted by atomic mass is 9.80. The summed E-state index contributed by atoms with van der Waals surface area (Å²) in [6.07, 6.45) is 7.32. The number of hydrogen-bond acceptors (Lipinski definition) is 2. The average Bonchev–Trinajstić information content (AvgIpc) is 2.28. The quantitative estimate of drug-likeness (QED) is 0.683. The summed E-state index contributed by atoms with van der Waals surface area (Å²) in [6.45, 7) is 3.33. The highest BCUT2D eigenvalue weighted by Gasteiger charge is 2.21. The number of amides is 1. The Hall–Kier alpha value is -0.570. The first-order valence-electron chi connectivity index (χ1n) is 6.61. The van der Waals surface area contributed by atoms with Gasteiger partial charge in [-0.3, -0.25) is 4.79 Å². The highest BCUT2D eigenvalue weighted by atomic mass is 16.2. The third-order valence-electron chi connectivity index (χ3n) is 3.66. The Morgan fingerprint density at radius 1 is 1.31 bits per heavy atom. The maximum atomic E-state index is 11.5. The van der Waals surface area contributed by atoms with Gasteiger partial charge < -0.3 is 10.4 Å². The molecule has 2 unspecified atom stereocenters. The number of hydrogen-bond donors (Lipinski definition) is 2. The predicted molar refractivity (Wildman–Crippen MR) is 65.1 cm³/mol. The lowest BCUT2D eigenvalue weighted by molar-refractivity contribution is -0.121. The van der Waals surface area contributed by atoms with E-state index in [0.29, 0.717) is 12.3 Å². The largest absolute Gasteiger partial charge is 0.396 e. The minimum Gasteiger partial charge on any atom is -0.396 e. The Balaban J connectivity index is 2.10. The molecule has 0 radical (unpaired) electrons. The van der Waals surface area contributed by atoms with Gasteiger partial charge in [0.1, 0.15) is 0 Å². The smallest absolute Gasteiger partial charge is 0.220 e. The molecule has 0 aromatic carbocycles. The SMILES string of the molecule is CC1CCCCC1CNC(=O)CCCCO. The van der Waals surface area contributed by atoms with E-state index in [1.54, 1.807) is 0 Å². The molecular weight excluding hydrogens is 202 g/mol. The molecule has 1 fully saturated rings. The third-order valence-corrected chi connectivity index (χ3v) is 3.66. The van der Waals surface area contributed by atoms with Crippen LogP contribution in [0.5, 0.6) is 0 Å². The summed E-state index contributed by atoms with van der Waals surface area (Å²) < 4.78 is 0. The zero-order valence-corrected chi connectivity index (χ0v) is 10.4. The van der Waals surface area contributed by atoms with Gasteiger partial charge in [-0.2, -0.15) is 0 Å². The van der Waals surface area contributed by atoms with Gasteiger partial charge in [-0.25, -0.2) is 0 Å². The maximum absolute atomic E-state index is 11.5. The first kappa shape index (κ1) is 13.5. The molecule has 16 heavy (non-hydrogen) atoms. The van der Waals surface area contributed by atoms with E-state index in [1.807, 2.05) is 0 Å². The third kappa shape index (κ3) is 4.97. The van der Waals surface area contributed by atoms with Crippen molar-refractivity contribution in [3.05, 3.63) is 0 Å². The van der Waals surface area contributed by atoms with E-state index in [-0.39, 0.29) is 12.5 Å². The fourth-order valence-electron chi connectivity index (χ4n) is 2.43. The standard InChI is InChI=1S/C13H25NO2/c1-11-6-2-3-7-12(11)10-14-13(16)8-4-5-9-15/h11-12,15H,2-10H2,1H3,(H,14,16). The number of rotatable bonds is 6. The van der Waals surface area contributed by atoms with E-state index in [9.17, 15) is 4.79 Å². The summed E-state index contributed by atoms with van der Waals surface area (Å²) in [5.74, 6) is 1.58. The van der Waals surface area contributed by atoms with Crippen LogP contribution >= 0.6 is 0 Å². The van der Waals surface area contributed by atoms with E-state index in [1.165, 1.54) is 25.7 Å². The Bertz CT molecular complexity index is 206. The van der Waals surface area contributed by atoms with Gasteiger partial charge in [-0.05, 0) is 31.1 Å². The van der Waals surface area contributed by atoms with Gasteiger partial charge in [0.2, 0.25) is 5.91 Å². The molecule has 3 nitrogen and oxygen atoms in total. The normalized spacial score (nSPS) is 25.4. The Kier molecular flexibility index (Phi) is 6.46. The second-order valence-corrected chi connectivity index (χ2v) is 5.01. The minimum absolute atomic E-state index is 0.145. The molecule has 0 aromatic rings. The Morgan fingerprint density at radius 2 is 2.06 bits per heavy atom. The molecule has 1 aliphatic carbocycles. The van der Waals surface area contributed by atoms with Gasteiger partial charge in [-0.1, -0.05) is 26.2 Å². The molecular formula is C13H25NO2. The van der Waals surface area contributed by atoms with Crippen LogP contribution in [0.1, 0.15) is 51.9 Å². The number of unbranched alkanes of at least 4 members (excludes halogenated alkanes) is 1. The summed E-state index contributed by atoms with van der Waals surface area (Å²) in [5, 5.41) is 11.6. The number of carbonyl (C=O) groups is 1. The van der Waals surface area contributed by atoms with E-state index < -0.39 is 0 Å². The highest BCUT2D eigenvalue weighted by molar-refractivity contribution is 5.75. The molecule has 2 N–H and O–H groups in total. The number of aliphatic hydroxyl groups is 1. The minimum atomic E-state index is 0.145. The second-order valence-electron chi connectivity index (χ2n) is 5.01. The van der Waals surface area contributed by atoms with Crippen LogP contribution in [0, 0.1) is 11.8 Å². The van der Waals surface area contributed by atoms with Crippen molar-refractivity contribution in [2.75, 3.05) is 13.2 Å². The van der Waals surface area contributed by atoms with Gasteiger partial charge in [-0.15, -0.1) is 0 Å². The van der Waals surface area contributed by atoms with Crippen molar-refractivity contribution in [2.24, 2.45) is 11.8 Å². The van der Waals surface area contributed by atoms with Crippen LogP contribution in [0.3, 0.4) is 0 Å². The van der Waals surface area contributed by atoms with Gasteiger partial charge in [0.05, 0.1) is 0 Å². The van der Waals surface area contributed by atoms with E-state index in [4.69, 9.17) is 5.11 Å². The molecule has 0 aromatic heterocycles. The van der Waals surface area contributed by atoms with Crippen molar-refractivity contribution in [2.45, 2.75) is 51.9 Å². The highest BCUT2D eigenvalue weighted by Crippen LogP contribution is 2.28. The molecule has 1 aliphatic rings. The van der Waals surface area contributed by atoms with Crippen LogP contribution in [-0.2, 0) is 4.79 Å². The van der Waals surface area contributed by atoms with Crippen molar-refractivity contribution >= 4 is 5.91 Å². The van der Waals surface area contributed by atoms with Gasteiger partial charge in [0.25, 0.3) is 0 Å². The summed E-state index contributed by atoms with van der Waals surface area (Å²) in [4.78, 5) is 11.5. The molecule has 0 saturated heterocycles. The molecule has 0 bridgehead atoms. The lowest BCUT2D eigenvalue weighted by Gasteiger charge is -2.28. The predicted octanol–water partition coefficient (Wildman–Crippen LogP) is 2.09. The molecule has 1 amide bonds. The first-order valence-corrected chi connectivity index (χ1v) is 6.61. The zero-order valence-electron chi connectivity index (χ0n) is 10.4. The molecule has 2 atom stereocenters. The van der Waals surface area contributed by atoms with Crippen molar-refractivity contribution in [1.82, 2.24) is 5.32 Å². The van der Waals surface area contributed by atoms with Crippen molar-refractivity contribution < 1.29 is 9.90 Å². The van der Waals surface area contributed by atoms with Crippen LogP contribution in [0.2, 0.25) is 0 Å². The zero-order chi connectivity index (χ0) is 11.8. The van der Waals surface area contributed by atoms with Crippen molar-refractivity contribution in [3.63, 3.8) is 0 Å². The monoisotopic (exact) mass is 227 g/mol. The van der Waals surface area contributed by atoms with Crippen LogP contribution in [0.15, 0.2) is 0 Å². The van der Waals surface area contributed by atoms with Crippen molar-refractivity contribution in [1.29, 1.82) is 0 Å². The Morgan fingerprint density at radius 3 is 2.75 bits per heavy atom. The lowest BCUT2D eigenvalue weighted by Crippen LogP contribution is -2.33. The molecule has 94 valence electrons. The summed E-state index contributed by atoms with van der Waals surface area (Å²) in [7, 11) is 0. The molecule has 1 saturated carbocycles. The van der Waals surface area contributed by atoms with Gasteiger partial charge in [0.15, 0.2) is 0 Å². The molecule has 0 spiro atoms. The topological polar surface area (TPSA) is 49.3 Å². The number of aliphatic hydroxyl groups excluding tert-OH is 1. The summed E-state index contributed by atoms with van der Waals surface area (Å²) >= 11 is 0. The van der Waals surface area contributed by atoms with Crippen LogP contribution in [0.4, 0.5) is 0 Å². The number of carbonyl (C=O) groups excluding carboxylic acids is 1. The van der Waals surface area contributed by atoms with Crippen LogP contribution < -0.4 is 5.32 Å². The van der Waals surface area contributed by atoms with Gasteiger partial charge in [0, 0.05) is 19.6 Å². The summed E-state index contributed by atoms with van der Waals surface area (Å²) in [5.41, 5.74) is 0. The van der Waals surface area contributed by atoms with E-state index in [0.717, 1.165) is 25.3 Å². The maximum Gasteiger partial charge on any atom is 0.220 e. The fraction of sp³-hybridized carbons (Fsp3) is 0.923. The molecule has 3 heteroatoms. The molecule has 1 rings (SSSR count). The fourth-order valence-corrected chi connectivity index (χ4v) is 2.43. The van der Waals surface area contributed by atoms with Crippen LogP contribution in [0.25, 0.3) is 0 Å². The first-order chi connectivity index (χ1) is 7.74. The van der Waals surface area contributed by atoms with E-state index >= 15 is 0 Å². The van der Waals surface area contributed by atoms with E-state index in [2.05, 4.69) is 12.2 Å². The average molecular weight is 227 g/mol. The van der Waals surface area contributed by atoms with Gasteiger partial charge >= 0.3 is 0 Å². The Labute approximate surface area is 98.6 Å². The van der Waals surface area contributed by atoms with Crippen LogP contribution in [-0.4, -0.2) is 24.2 Å². The summed E-state index contributed by atoms with van der Waals surface area (Å²) in [6, 6.07) is 0.